The molecule has 0 amide bonds. The van der Waals surface area contributed by atoms with Gasteiger partial charge in [-0.1, -0.05) is 53.4 Å². The Kier molecular flexibility index (Phi) is 13.3. The van der Waals surface area contributed by atoms with Gasteiger partial charge in [0.25, 0.3) is 0 Å². The molecule has 139 valence electrons. The van der Waals surface area contributed by atoms with Crippen LogP contribution < -0.4 is 0 Å². The Morgan fingerprint density at radius 1 is 0.560 bits per heavy atom. The van der Waals surface area contributed by atoms with Crippen LogP contribution >= 0.6 is 0 Å². The molecule has 1 heteroatoms. The molecule has 0 fully saturated rings. The Balaban J connectivity index is 0.000000339. The minimum atomic E-state index is 0. The van der Waals surface area contributed by atoms with Crippen LogP contribution in [0.4, 0.5) is 0 Å². The summed E-state index contributed by atoms with van der Waals surface area (Å²) in [5.41, 5.74) is 4.31. The third-order valence-corrected chi connectivity index (χ3v) is 4.07. The topological polar surface area (TPSA) is 0 Å². The molecule has 0 aromatic heterocycles. The molecule has 0 heterocycles. The van der Waals surface area contributed by atoms with Crippen molar-refractivity contribution >= 4 is 0 Å². The Labute approximate surface area is 188 Å². The second-order valence-electron chi connectivity index (χ2n) is 7.12. The average Bonchev–Trinajstić information content (AvgIpc) is 3.29. The molecule has 3 aromatic carbocycles. The molecule has 25 heavy (non-hydrogen) atoms. The van der Waals surface area contributed by atoms with Gasteiger partial charge < -0.3 is 29.8 Å². The summed E-state index contributed by atoms with van der Waals surface area (Å²) in [6.45, 7) is 13.2. The fourth-order valence-corrected chi connectivity index (χ4v) is 2.32. The zero-order chi connectivity index (χ0) is 17.9. The first-order chi connectivity index (χ1) is 11.4. The van der Waals surface area contributed by atoms with E-state index in [9.17, 15) is 0 Å². The molecule has 1 radical (unpaired) electrons. The molecule has 0 aliphatic heterocycles. The fourth-order valence-electron chi connectivity index (χ4n) is 2.32. The van der Waals surface area contributed by atoms with Crippen molar-refractivity contribution < 1.29 is 41.3 Å². The van der Waals surface area contributed by atoms with Crippen LogP contribution in [0.5, 0.6) is 0 Å². The SMILES string of the molecule is CC(C)[c-]1[cH-][cH-][cH-][cH-]1.CC(C)[c-]1cccc1.CC(C)[c-]1cccc1.[Pr]. The first kappa shape index (κ1) is 24.4. The average molecular weight is 462 g/mol. The van der Waals surface area contributed by atoms with Gasteiger partial charge in [-0.2, -0.15) is 35.4 Å². The Morgan fingerprint density at radius 3 is 1.04 bits per heavy atom. The molecule has 0 aliphatic carbocycles. The van der Waals surface area contributed by atoms with E-state index in [1.807, 2.05) is 0 Å². The molecular formula is C24H33Pr-7. The first-order valence-corrected chi connectivity index (χ1v) is 9.06. The number of hydrogen-bond donors (Lipinski definition) is 0. The molecule has 0 saturated carbocycles. The first-order valence-electron chi connectivity index (χ1n) is 9.06. The van der Waals surface area contributed by atoms with Crippen LogP contribution in [0.15, 0.2) is 72.8 Å². The van der Waals surface area contributed by atoms with Crippen molar-refractivity contribution in [1.82, 2.24) is 0 Å². The van der Waals surface area contributed by atoms with Gasteiger partial charge in [0.2, 0.25) is 0 Å². The van der Waals surface area contributed by atoms with E-state index in [1.54, 1.807) is 0 Å². The van der Waals surface area contributed by atoms with E-state index in [0.717, 1.165) is 0 Å². The smallest absolute Gasteiger partial charge is 0 e. The van der Waals surface area contributed by atoms with Crippen molar-refractivity contribution in [2.45, 2.75) is 59.3 Å². The van der Waals surface area contributed by atoms with Crippen LogP contribution in [-0.2, 0) is 0 Å². The van der Waals surface area contributed by atoms with Crippen molar-refractivity contribution in [3.8, 4) is 0 Å². The largest absolute Gasteiger partial charge is 0.748 e. The normalized spacial score (nSPS) is 9.96. The van der Waals surface area contributed by atoms with Gasteiger partial charge in [0.15, 0.2) is 0 Å². The molecule has 0 N–H and O–H groups in total. The van der Waals surface area contributed by atoms with Crippen LogP contribution in [-0.4, -0.2) is 0 Å². The molecule has 0 saturated heterocycles. The van der Waals surface area contributed by atoms with Crippen molar-refractivity contribution in [3.63, 3.8) is 0 Å². The summed E-state index contributed by atoms with van der Waals surface area (Å²) in [6.07, 6.45) is 0. The minimum Gasteiger partial charge on any atom is -0.748 e. The zero-order valence-electron chi connectivity index (χ0n) is 16.7. The quantitative estimate of drug-likeness (QED) is 0.352. The Hall–Kier alpha value is -0.586. The van der Waals surface area contributed by atoms with Crippen LogP contribution in [0.3, 0.4) is 0 Å². The van der Waals surface area contributed by atoms with E-state index in [2.05, 4.69) is 114 Å². The molecule has 3 rings (SSSR count). The fraction of sp³-hybridized carbons (Fsp3) is 0.375. The summed E-state index contributed by atoms with van der Waals surface area (Å²) in [5.74, 6) is 2.06. The van der Waals surface area contributed by atoms with Crippen molar-refractivity contribution in [3.05, 3.63) is 89.5 Å². The monoisotopic (exact) mass is 462 g/mol. The maximum Gasteiger partial charge on any atom is 0 e. The van der Waals surface area contributed by atoms with E-state index in [-0.39, 0.29) is 41.3 Å². The van der Waals surface area contributed by atoms with Gasteiger partial charge in [0.05, 0.1) is 0 Å². The maximum absolute atomic E-state index is 2.20. The number of hydrogen-bond acceptors (Lipinski definition) is 0. The van der Waals surface area contributed by atoms with Gasteiger partial charge in [0, 0.05) is 41.3 Å². The Bertz CT molecular complexity index is 502. The van der Waals surface area contributed by atoms with Gasteiger partial charge in [-0.25, -0.2) is 30.2 Å². The van der Waals surface area contributed by atoms with E-state index in [0.29, 0.717) is 17.8 Å². The summed E-state index contributed by atoms with van der Waals surface area (Å²) < 4.78 is 0. The van der Waals surface area contributed by atoms with Crippen molar-refractivity contribution in [2.24, 2.45) is 0 Å². The molecule has 0 spiro atoms. The van der Waals surface area contributed by atoms with Crippen LogP contribution in [0.25, 0.3) is 0 Å². The predicted octanol–water partition coefficient (Wildman–Crippen LogP) is 7.59. The van der Waals surface area contributed by atoms with Gasteiger partial charge in [0.1, 0.15) is 0 Å². The van der Waals surface area contributed by atoms with E-state index in [4.69, 9.17) is 0 Å². The Morgan fingerprint density at radius 2 is 0.880 bits per heavy atom. The van der Waals surface area contributed by atoms with E-state index in [1.165, 1.54) is 16.7 Å². The molecular weight excluding hydrogens is 429 g/mol. The second kappa shape index (κ2) is 13.6. The van der Waals surface area contributed by atoms with Crippen LogP contribution in [0.2, 0.25) is 0 Å². The van der Waals surface area contributed by atoms with Crippen LogP contribution in [0, 0.1) is 41.3 Å². The molecule has 0 nitrogen and oxygen atoms in total. The second-order valence-corrected chi connectivity index (χ2v) is 7.12. The third kappa shape index (κ3) is 10.2. The third-order valence-electron chi connectivity index (χ3n) is 4.07. The van der Waals surface area contributed by atoms with Crippen molar-refractivity contribution in [1.29, 1.82) is 0 Å². The van der Waals surface area contributed by atoms with Crippen molar-refractivity contribution in [2.75, 3.05) is 0 Å². The molecule has 0 aliphatic rings. The van der Waals surface area contributed by atoms with E-state index < -0.39 is 0 Å². The summed E-state index contributed by atoms with van der Waals surface area (Å²) >= 11 is 0. The summed E-state index contributed by atoms with van der Waals surface area (Å²) in [7, 11) is 0. The summed E-state index contributed by atoms with van der Waals surface area (Å²) in [4.78, 5) is 0. The van der Waals surface area contributed by atoms with Gasteiger partial charge in [-0.05, 0) is 0 Å². The van der Waals surface area contributed by atoms with Gasteiger partial charge in [-0.3, -0.25) is 0 Å². The molecule has 0 atom stereocenters. The standard InChI is InChI=1S/3C8H11.Pr/c3*1-7(2)8-5-3-4-6-8;/h3*3-7H,1-2H3;/q-5;2*-1;. The molecule has 3 aromatic rings. The maximum atomic E-state index is 2.20. The molecule has 0 bridgehead atoms. The summed E-state index contributed by atoms with van der Waals surface area (Å²) in [5, 5.41) is 0. The summed E-state index contributed by atoms with van der Waals surface area (Å²) in [6, 6.07) is 25.4. The van der Waals surface area contributed by atoms with E-state index >= 15 is 0 Å². The van der Waals surface area contributed by atoms with Crippen LogP contribution in [0.1, 0.15) is 76.0 Å². The number of rotatable bonds is 3. The van der Waals surface area contributed by atoms with Gasteiger partial charge in [-0.15, -0.1) is 0 Å². The molecule has 0 unspecified atom stereocenters. The van der Waals surface area contributed by atoms with Gasteiger partial charge >= 0.3 is 0 Å². The predicted molar refractivity (Wildman–Crippen MR) is 108 cm³/mol. The zero-order valence-corrected chi connectivity index (χ0v) is 20.4. The minimum absolute atomic E-state index is 0.